The molecule has 0 radical (unpaired) electrons. The van der Waals surface area contributed by atoms with E-state index in [-0.39, 0.29) is 6.03 Å². The number of amides is 2. The second kappa shape index (κ2) is 6.56. The average molecular weight is 287 g/mol. The highest BCUT2D eigenvalue weighted by atomic mass is 16.2. The molecule has 1 heterocycles. The summed E-state index contributed by atoms with van der Waals surface area (Å²) in [7, 11) is 0. The van der Waals surface area contributed by atoms with Crippen molar-refractivity contribution in [3.8, 4) is 0 Å². The van der Waals surface area contributed by atoms with Crippen LogP contribution in [-0.4, -0.2) is 28.0 Å². The second-order valence-electron chi connectivity index (χ2n) is 5.70. The van der Waals surface area contributed by atoms with E-state index in [1.807, 2.05) is 12.1 Å². The van der Waals surface area contributed by atoms with Gasteiger partial charge in [0.2, 0.25) is 0 Å². The molecule has 0 atom stereocenters. The van der Waals surface area contributed by atoms with Crippen LogP contribution in [0.15, 0.2) is 18.2 Å². The van der Waals surface area contributed by atoms with Crippen LogP contribution in [0, 0.1) is 5.92 Å². The molecule has 2 amide bonds. The summed E-state index contributed by atoms with van der Waals surface area (Å²) in [6.07, 6.45) is 7.76. The van der Waals surface area contributed by atoms with Gasteiger partial charge in [-0.3, -0.25) is 0 Å². The normalized spacial score (nSPS) is 16.0. The zero-order valence-corrected chi connectivity index (χ0v) is 12.1. The van der Waals surface area contributed by atoms with Crippen molar-refractivity contribution >= 4 is 22.8 Å². The molecule has 0 saturated heterocycles. The lowest BCUT2D eigenvalue weighted by Gasteiger charge is -2.21. The van der Waals surface area contributed by atoms with Gasteiger partial charge in [-0.2, -0.15) is 15.4 Å². The number of hydrogen-bond donors (Lipinski definition) is 3. The molecule has 1 saturated carbocycles. The number of urea groups is 1. The van der Waals surface area contributed by atoms with E-state index in [0.717, 1.165) is 35.6 Å². The van der Waals surface area contributed by atoms with Gasteiger partial charge in [-0.1, -0.05) is 32.1 Å². The molecule has 0 unspecified atom stereocenters. The van der Waals surface area contributed by atoms with Crippen LogP contribution in [0.3, 0.4) is 0 Å². The number of nitrogens with zero attached hydrogens (tertiary/aromatic N) is 2. The third kappa shape index (κ3) is 3.71. The van der Waals surface area contributed by atoms with Crippen molar-refractivity contribution in [2.45, 2.75) is 38.5 Å². The lowest BCUT2D eigenvalue weighted by atomic mass is 9.87. The van der Waals surface area contributed by atoms with E-state index >= 15 is 0 Å². The standard InChI is InChI=1S/C15H21N5O/c21-15(16-9-8-11-4-2-1-3-5-11)17-12-6-7-13-14(10-12)19-20-18-13/h6-7,10-11H,1-5,8-9H2,(H2,16,17,21)(H,18,19,20). The van der Waals surface area contributed by atoms with Gasteiger partial charge in [0.25, 0.3) is 0 Å². The van der Waals surface area contributed by atoms with Crippen molar-refractivity contribution in [3.63, 3.8) is 0 Å². The van der Waals surface area contributed by atoms with Gasteiger partial charge in [-0.15, -0.1) is 0 Å². The first kappa shape index (κ1) is 13.9. The minimum atomic E-state index is -0.159. The first-order valence-corrected chi connectivity index (χ1v) is 7.66. The highest BCUT2D eigenvalue weighted by molar-refractivity contribution is 5.91. The number of nitrogens with one attached hydrogen (secondary N) is 3. The molecule has 1 aliphatic carbocycles. The lowest BCUT2D eigenvalue weighted by Crippen LogP contribution is -2.30. The summed E-state index contributed by atoms with van der Waals surface area (Å²) in [5.41, 5.74) is 2.26. The highest BCUT2D eigenvalue weighted by Crippen LogP contribution is 2.25. The van der Waals surface area contributed by atoms with Gasteiger partial charge in [0, 0.05) is 12.2 Å². The number of carbonyl (C=O) groups excluding carboxylic acids is 1. The number of anilines is 1. The van der Waals surface area contributed by atoms with Gasteiger partial charge in [-0.25, -0.2) is 4.79 Å². The van der Waals surface area contributed by atoms with Crippen LogP contribution in [0.2, 0.25) is 0 Å². The van der Waals surface area contributed by atoms with Crippen molar-refractivity contribution < 1.29 is 4.79 Å². The zero-order valence-electron chi connectivity index (χ0n) is 12.1. The molecule has 6 heteroatoms. The van der Waals surface area contributed by atoms with Crippen LogP contribution in [0.25, 0.3) is 11.0 Å². The van der Waals surface area contributed by atoms with Gasteiger partial charge in [-0.05, 0) is 30.5 Å². The van der Waals surface area contributed by atoms with Crippen LogP contribution in [0.1, 0.15) is 38.5 Å². The molecule has 1 aromatic carbocycles. The Balaban J connectivity index is 1.44. The summed E-state index contributed by atoms with van der Waals surface area (Å²) in [5.74, 6) is 0.783. The number of carbonyl (C=O) groups is 1. The molecule has 1 fully saturated rings. The molecule has 3 N–H and O–H groups in total. The molecule has 1 aliphatic rings. The fourth-order valence-electron chi connectivity index (χ4n) is 2.96. The fraction of sp³-hybridized carbons (Fsp3) is 0.533. The molecule has 6 nitrogen and oxygen atoms in total. The van der Waals surface area contributed by atoms with E-state index in [2.05, 4.69) is 26.0 Å². The van der Waals surface area contributed by atoms with E-state index in [0.29, 0.717) is 0 Å². The number of benzene rings is 1. The predicted molar refractivity (Wildman–Crippen MR) is 82.1 cm³/mol. The Hall–Kier alpha value is -2.11. The number of rotatable bonds is 4. The zero-order chi connectivity index (χ0) is 14.5. The Bertz CT molecular complexity index is 603. The van der Waals surface area contributed by atoms with Crippen LogP contribution < -0.4 is 10.6 Å². The molecular formula is C15H21N5O. The topological polar surface area (TPSA) is 82.7 Å². The summed E-state index contributed by atoms with van der Waals surface area (Å²) in [6, 6.07) is 5.30. The Labute approximate surface area is 123 Å². The summed E-state index contributed by atoms with van der Waals surface area (Å²) >= 11 is 0. The molecule has 0 spiro atoms. The Kier molecular flexibility index (Phi) is 4.33. The number of H-pyrrole nitrogens is 1. The summed E-state index contributed by atoms with van der Waals surface area (Å²) < 4.78 is 0. The third-order valence-corrected chi connectivity index (χ3v) is 4.14. The highest BCUT2D eigenvalue weighted by Gasteiger charge is 2.13. The van der Waals surface area contributed by atoms with Crippen LogP contribution >= 0.6 is 0 Å². The van der Waals surface area contributed by atoms with Gasteiger partial charge < -0.3 is 10.6 Å². The van der Waals surface area contributed by atoms with E-state index in [1.165, 1.54) is 32.1 Å². The van der Waals surface area contributed by atoms with E-state index in [1.54, 1.807) is 6.07 Å². The van der Waals surface area contributed by atoms with Crippen molar-refractivity contribution in [2.24, 2.45) is 5.92 Å². The average Bonchev–Trinajstić information content (AvgIpc) is 2.96. The number of hydrogen-bond acceptors (Lipinski definition) is 3. The van der Waals surface area contributed by atoms with E-state index in [9.17, 15) is 4.79 Å². The number of fused-ring (bicyclic) bond motifs is 1. The third-order valence-electron chi connectivity index (χ3n) is 4.14. The maximum Gasteiger partial charge on any atom is 0.319 e. The second-order valence-corrected chi connectivity index (χ2v) is 5.70. The van der Waals surface area contributed by atoms with Crippen molar-refractivity contribution in [1.29, 1.82) is 0 Å². The lowest BCUT2D eigenvalue weighted by molar-refractivity contribution is 0.250. The molecule has 112 valence electrons. The van der Waals surface area contributed by atoms with Crippen molar-refractivity contribution in [2.75, 3.05) is 11.9 Å². The Morgan fingerprint density at radius 3 is 2.86 bits per heavy atom. The first-order valence-electron chi connectivity index (χ1n) is 7.66. The van der Waals surface area contributed by atoms with Crippen LogP contribution in [0.4, 0.5) is 10.5 Å². The summed E-state index contributed by atoms with van der Waals surface area (Å²) in [6.45, 7) is 0.739. The Morgan fingerprint density at radius 2 is 2.00 bits per heavy atom. The van der Waals surface area contributed by atoms with E-state index < -0.39 is 0 Å². The molecule has 21 heavy (non-hydrogen) atoms. The van der Waals surface area contributed by atoms with Gasteiger partial charge in [0.05, 0.1) is 0 Å². The molecule has 0 aliphatic heterocycles. The van der Waals surface area contributed by atoms with Crippen LogP contribution in [0.5, 0.6) is 0 Å². The van der Waals surface area contributed by atoms with Gasteiger partial charge in [0.1, 0.15) is 11.0 Å². The van der Waals surface area contributed by atoms with Crippen LogP contribution in [-0.2, 0) is 0 Å². The maximum atomic E-state index is 11.9. The van der Waals surface area contributed by atoms with Gasteiger partial charge >= 0.3 is 6.03 Å². The SMILES string of the molecule is O=C(NCCC1CCCCC1)Nc1ccc2n[nH]nc2c1. The van der Waals surface area contributed by atoms with Crippen molar-refractivity contribution in [1.82, 2.24) is 20.7 Å². The first-order chi connectivity index (χ1) is 10.3. The summed E-state index contributed by atoms with van der Waals surface area (Å²) in [5, 5.41) is 16.3. The minimum Gasteiger partial charge on any atom is -0.338 e. The number of aromatic amines is 1. The molecule has 2 aromatic rings. The largest absolute Gasteiger partial charge is 0.338 e. The smallest absolute Gasteiger partial charge is 0.319 e. The molecule has 1 aromatic heterocycles. The van der Waals surface area contributed by atoms with Crippen molar-refractivity contribution in [3.05, 3.63) is 18.2 Å². The van der Waals surface area contributed by atoms with Gasteiger partial charge in [0.15, 0.2) is 0 Å². The molecular weight excluding hydrogens is 266 g/mol. The quantitative estimate of drug-likeness (QED) is 0.808. The van der Waals surface area contributed by atoms with E-state index in [4.69, 9.17) is 0 Å². The Morgan fingerprint density at radius 1 is 1.19 bits per heavy atom. The minimum absolute atomic E-state index is 0.159. The molecule has 3 rings (SSSR count). The maximum absolute atomic E-state index is 11.9. The molecule has 0 bridgehead atoms. The number of aromatic nitrogens is 3. The monoisotopic (exact) mass is 287 g/mol. The summed E-state index contributed by atoms with van der Waals surface area (Å²) in [4.78, 5) is 11.9. The predicted octanol–water partition coefficient (Wildman–Crippen LogP) is 3.05. The fourth-order valence-corrected chi connectivity index (χ4v) is 2.96.